The minimum absolute atomic E-state index is 0.0138. The number of rotatable bonds is 10. The van der Waals surface area contributed by atoms with Gasteiger partial charge in [0.25, 0.3) is 0 Å². The number of nitrogens with zero attached hydrogens (tertiary/aromatic N) is 3. The molecule has 1 aromatic carbocycles. The molecule has 0 atom stereocenters. The van der Waals surface area contributed by atoms with Crippen LogP contribution in [0.15, 0.2) is 48.7 Å². The molecule has 2 aliphatic rings. The van der Waals surface area contributed by atoms with Crippen LogP contribution in [0.2, 0.25) is 0 Å². The van der Waals surface area contributed by atoms with Crippen molar-refractivity contribution in [3.63, 3.8) is 0 Å². The van der Waals surface area contributed by atoms with Crippen LogP contribution in [0.5, 0.6) is 0 Å². The molecule has 0 radical (unpaired) electrons. The molecule has 2 aromatic rings. The summed E-state index contributed by atoms with van der Waals surface area (Å²) in [6.45, 7) is 1.17. The Bertz CT molecular complexity index is 840. The highest BCUT2D eigenvalue weighted by Gasteiger charge is 2.38. The van der Waals surface area contributed by atoms with Crippen LogP contribution in [0.1, 0.15) is 36.9 Å². The average Bonchev–Trinajstić information content (AvgIpc) is 3.64. The van der Waals surface area contributed by atoms with Crippen molar-refractivity contribution in [1.82, 2.24) is 14.4 Å². The lowest BCUT2D eigenvalue weighted by Crippen LogP contribution is -2.45. The molecule has 2 aliphatic carbocycles. The van der Waals surface area contributed by atoms with Crippen molar-refractivity contribution in [3.8, 4) is 0 Å². The van der Waals surface area contributed by atoms with E-state index in [1.807, 2.05) is 65.2 Å². The smallest absolute Gasteiger partial charge is 0.249 e. The lowest BCUT2D eigenvalue weighted by Gasteiger charge is -2.28. The van der Waals surface area contributed by atoms with Gasteiger partial charge in [-0.3, -0.25) is 9.59 Å². The van der Waals surface area contributed by atoms with Crippen molar-refractivity contribution < 1.29 is 14.3 Å². The third-order valence-corrected chi connectivity index (χ3v) is 5.64. The number of ether oxygens (including phenoxy) is 1. The third kappa shape index (κ3) is 5.26. The van der Waals surface area contributed by atoms with Crippen molar-refractivity contribution >= 4 is 11.8 Å². The molecule has 1 aromatic heterocycles. The van der Waals surface area contributed by atoms with E-state index in [2.05, 4.69) is 0 Å². The van der Waals surface area contributed by atoms with Crippen molar-refractivity contribution in [2.75, 3.05) is 13.2 Å². The van der Waals surface area contributed by atoms with E-state index < -0.39 is 0 Å². The van der Waals surface area contributed by atoms with Gasteiger partial charge in [-0.15, -0.1) is 0 Å². The molecule has 6 nitrogen and oxygen atoms in total. The number of benzene rings is 1. The molecule has 29 heavy (non-hydrogen) atoms. The van der Waals surface area contributed by atoms with Crippen molar-refractivity contribution in [2.45, 2.75) is 50.9 Å². The first-order valence-electron chi connectivity index (χ1n) is 10.4. The lowest BCUT2D eigenvalue weighted by atomic mass is 10.2. The van der Waals surface area contributed by atoms with Crippen LogP contribution in [-0.2, 0) is 34.5 Å². The second kappa shape index (κ2) is 8.82. The van der Waals surface area contributed by atoms with Gasteiger partial charge in [-0.2, -0.15) is 0 Å². The van der Waals surface area contributed by atoms with Crippen molar-refractivity contribution in [2.24, 2.45) is 7.05 Å². The predicted molar refractivity (Wildman–Crippen MR) is 110 cm³/mol. The van der Waals surface area contributed by atoms with E-state index in [9.17, 15) is 9.59 Å². The van der Waals surface area contributed by atoms with Crippen LogP contribution in [-0.4, -0.2) is 51.4 Å². The second-order valence-electron chi connectivity index (χ2n) is 8.09. The number of amides is 2. The van der Waals surface area contributed by atoms with Gasteiger partial charge in [0, 0.05) is 31.0 Å². The molecular formula is C23H29N3O3. The van der Waals surface area contributed by atoms with Crippen LogP contribution in [0.3, 0.4) is 0 Å². The number of aromatic nitrogens is 1. The zero-order valence-corrected chi connectivity index (χ0v) is 17.0. The first-order chi connectivity index (χ1) is 14.1. The number of aryl methyl sites for hydroxylation is 1. The molecule has 0 saturated heterocycles. The van der Waals surface area contributed by atoms with Crippen molar-refractivity contribution in [3.05, 3.63) is 59.9 Å². The van der Waals surface area contributed by atoms with E-state index in [1.54, 1.807) is 4.90 Å². The van der Waals surface area contributed by atoms with E-state index in [0.29, 0.717) is 19.2 Å². The van der Waals surface area contributed by atoms with Gasteiger partial charge >= 0.3 is 0 Å². The fourth-order valence-corrected chi connectivity index (χ4v) is 3.60. The van der Waals surface area contributed by atoms with Gasteiger partial charge in [-0.1, -0.05) is 30.3 Å². The Kier molecular flexibility index (Phi) is 6.00. The maximum atomic E-state index is 13.1. The van der Waals surface area contributed by atoms with Crippen LogP contribution in [0.4, 0.5) is 0 Å². The molecule has 0 unspecified atom stereocenters. The SMILES string of the molecule is Cn1cccc1CN(C(=O)CN(C(=O)COCc1ccccc1)C1CC1)C1CC1. The molecule has 0 spiro atoms. The normalized spacial score (nSPS) is 15.9. The van der Waals surface area contributed by atoms with Gasteiger partial charge in [-0.25, -0.2) is 0 Å². The minimum atomic E-state index is -0.0913. The van der Waals surface area contributed by atoms with Crippen LogP contribution in [0, 0.1) is 0 Å². The van der Waals surface area contributed by atoms with Crippen LogP contribution in [0.25, 0.3) is 0 Å². The van der Waals surface area contributed by atoms with E-state index in [-0.39, 0.29) is 31.0 Å². The Labute approximate surface area is 172 Å². The lowest BCUT2D eigenvalue weighted by molar-refractivity contribution is -0.144. The number of carbonyl (C=O) groups is 2. The van der Waals surface area contributed by atoms with E-state index >= 15 is 0 Å². The van der Waals surface area contributed by atoms with E-state index in [0.717, 1.165) is 36.9 Å². The molecule has 6 heteroatoms. The summed E-state index contributed by atoms with van der Waals surface area (Å²) in [5.41, 5.74) is 2.15. The molecule has 0 N–H and O–H groups in total. The second-order valence-corrected chi connectivity index (χ2v) is 8.09. The maximum Gasteiger partial charge on any atom is 0.249 e. The third-order valence-electron chi connectivity index (χ3n) is 5.64. The summed E-state index contributed by atoms with van der Waals surface area (Å²) in [5, 5.41) is 0. The predicted octanol–water partition coefficient (Wildman–Crippen LogP) is 2.72. The zero-order chi connectivity index (χ0) is 20.2. The number of hydrogen-bond acceptors (Lipinski definition) is 3. The molecule has 2 fully saturated rings. The Balaban J connectivity index is 1.33. The van der Waals surface area contributed by atoms with Gasteiger partial charge in [0.1, 0.15) is 13.2 Å². The molecule has 154 valence electrons. The van der Waals surface area contributed by atoms with Crippen LogP contribution < -0.4 is 0 Å². The fourth-order valence-electron chi connectivity index (χ4n) is 3.60. The Morgan fingerprint density at radius 3 is 2.28 bits per heavy atom. The summed E-state index contributed by atoms with van der Waals surface area (Å²) in [6, 6.07) is 14.3. The highest BCUT2D eigenvalue weighted by atomic mass is 16.5. The van der Waals surface area contributed by atoms with E-state index in [1.165, 1.54) is 0 Å². The summed E-state index contributed by atoms with van der Waals surface area (Å²) < 4.78 is 7.67. The molecule has 1 heterocycles. The number of carbonyl (C=O) groups excluding carboxylic acids is 2. The largest absolute Gasteiger partial charge is 0.367 e. The van der Waals surface area contributed by atoms with Gasteiger partial charge in [0.05, 0.1) is 13.2 Å². The summed E-state index contributed by atoms with van der Waals surface area (Å²) >= 11 is 0. The highest BCUT2D eigenvalue weighted by molar-refractivity contribution is 5.86. The monoisotopic (exact) mass is 395 g/mol. The Morgan fingerprint density at radius 2 is 1.66 bits per heavy atom. The molecule has 2 saturated carbocycles. The molecule has 2 amide bonds. The molecule has 0 aliphatic heterocycles. The Hall–Kier alpha value is -2.60. The fraction of sp³-hybridized carbons (Fsp3) is 0.478. The van der Waals surface area contributed by atoms with E-state index in [4.69, 9.17) is 4.74 Å². The summed E-state index contributed by atoms with van der Waals surface area (Å²) in [5.74, 6) is -0.0524. The quantitative estimate of drug-likeness (QED) is 0.622. The van der Waals surface area contributed by atoms with Gasteiger partial charge in [0.2, 0.25) is 11.8 Å². The van der Waals surface area contributed by atoms with Gasteiger partial charge < -0.3 is 19.1 Å². The minimum Gasteiger partial charge on any atom is -0.367 e. The molecule has 0 bridgehead atoms. The highest BCUT2D eigenvalue weighted by Crippen LogP contribution is 2.30. The van der Waals surface area contributed by atoms with Gasteiger partial charge in [0.15, 0.2) is 0 Å². The van der Waals surface area contributed by atoms with Crippen LogP contribution >= 0.6 is 0 Å². The van der Waals surface area contributed by atoms with Crippen molar-refractivity contribution in [1.29, 1.82) is 0 Å². The Morgan fingerprint density at radius 1 is 0.966 bits per heavy atom. The first kappa shape index (κ1) is 19.7. The average molecular weight is 396 g/mol. The standard InChI is InChI=1S/C23H29N3O3/c1-24-13-5-8-21(24)14-25(19-9-10-19)22(27)15-26(20-11-12-20)23(28)17-29-16-18-6-3-2-4-7-18/h2-8,13,19-20H,9-12,14-17H2,1H3. The number of hydrogen-bond donors (Lipinski definition) is 0. The maximum absolute atomic E-state index is 13.1. The summed E-state index contributed by atoms with van der Waals surface area (Å²) in [4.78, 5) is 29.5. The summed E-state index contributed by atoms with van der Waals surface area (Å²) in [6.07, 6.45) is 6.04. The molecular weight excluding hydrogens is 366 g/mol. The van der Waals surface area contributed by atoms with Gasteiger partial charge in [-0.05, 0) is 43.4 Å². The zero-order valence-electron chi connectivity index (χ0n) is 17.0. The summed E-state index contributed by atoms with van der Waals surface area (Å²) in [7, 11) is 2.00. The first-order valence-corrected chi connectivity index (χ1v) is 10.4. The molecule has 4 rings (SSSR count). The topological polar surface area (TPSA) is 54.8 Å².